The Balaban J connectivity index is 0.000000593. The van der Waals surface area contributed by atoms with Gasteiger partial charge in [0.2, 0.25) is 0 Å². The minimum Gasteiger partial charge on any atom is -0.486 e. The lowest BCUT2D eigenvalue weighted by atomic mass is 10.2. The smallest absolute Gasteiger partial charge is 0.167 e. The van der Waals surface area contributed by atoms with Crippen LogP contribution in [0.4, 0.5) is 14.5 Å². The van der Waals surface area contributed by atoms with Crippen LogP contribution < -0.4 is 10.1 Å². The molecule has 0 saturated heterocycles. The Morgan fingerprint density at radius 1 is 1.26 bits per heavy atom. The maximum absolute atomic E-state index is 13.4. The highest BCUT2D eigenvalue weighted by atomic mass is 35.5. The van der Waals surface area contributed by atoms with Crippen LogP contribution in [0, 0.1) is 11.6 Å². The molecule has 2 rings (SSSR count). The third-order valence-corrected chi connectivity index (χ3v) is 3.17. The minimum atomic E-state index is -0.738. The summed E-state index contributed by atoms with van der Waals surface area (Å²) in [5.41, 5.74) is 1.52. The summed E-state index contributed by atoms with van der Waals surface area (Å²) in [6.07, 6.45) is 1.51. The predicted octanol–water partition coefficient (Wildman–Crippen LogP) is 4.83. The molecule has 0 unspecified atom stereocenters. The second-order valence-corrected chi connectivity index (χ2v) is 4.86. The lowest BCUT2D eigenvalue weighted by Gasteiger charge is -2.12. The Bertz CT molecular complexity index is 650. The van der Waals surface area contributed by atoms with Crippen LogP contribution in [0.5, 0.6) is 5.75 Å². The molecule has 0 atom stereocenters. The van der Waals surface area contributed by atoms with Gasteiger partial charge in [0.15, 0.2) is 11.6 Å². The number of hydrogen-bond acceptors (Lipinski definition) is 3. The third kappa shape index (κ3) is 5.87. The molecule has 0 aliphatic carbocycles. The predicted molar refractivity (Wildman–Crippen MR) is 88.0 cm³/mol. The van der Waals surface area contributed by atoms with Gasteiger partial charge in [0.1, 0.15) is 18.7 Å². The third-order valence-electron chi connectivity index (χ3n) is 2.82. The molecular formula is C17H18ClF2NO2. The Kier molecular flexibility index (Phi) is 8.05. The van der Waals surface area contributed by atoms with Gasteiger partial charge in [-0.25, -0.2) is 8.78 Å². The molecule has 0 aliphatic heterocycles. The van der Waals surface area contributed by atoms with Crippen molar-refractivity contribution in [2.75, 3.05) is 12.4 Å². The first-order valence-corrected chi connectivity index (χ1v) is 7.37. The Labute approximate surface area is 139 Å². The van der Waals surface area contributed by atoms with Crippen molar-refractivity contribution in [2.24, 2.45) is 0 Å². The molecular weight excluding hydrogens is 324 g/mol. The van der Waals surface area contributed by atoms with Gasteiger partial charge >= 0.3 is 0 Å². The lowest BCUT2D eigenvalue weighted by molar-refractivity contribution is -0.107. The zero-order chi connectivity index (χ0) is 17.2. The molecule has 0 fully saturated rings. The average molecular weight is 342 g/mol. The molecule has 0 spiro atoms. The summed E-state index contributed by atoms with van der Waals surface area (Å²) in [5.74, 6) is -1.39. The van der Waals surface area contributed by atoms with Gasteiger partial charge in [-0.2, -0.15) is 0 Å². The van der Waals surface area contributed by atoms with Gasteiger partial charge in [-0.1, -0.05) is 24.6 Å². The first-order valence-electron chi connectivity index (χ1n) is 7.00. The molecule has 1 N–H and O–H groups in total. The molecule has 124 valence electrons. The van der Waals surface area contributed by atoms with E-state index < -0.39 is 11.6 Å². The van der Waals surface area contributed by atoms with Crippen LogP contribution in [0.2, 0.25) is 5.02 Å². The molecule has 0 radical (unpaired) electrons. The van der Waals surface area contributed by atoms with Crippen LogP contribution in [-0.2, 0) is 11.4 Å². The summed E-state index contributed by atoms with van der Waals surface area (Å²) in [7, 11) is 1.76. The van der Waals surface area contributed by atoms with Crippen molar-refractivity contribution in [1.29, 1.82) is 0 Å². The van der Waals surface area contributed by atoms with Gasteiger partial charge in [-0.15, -0.1) is 0 Å². The first kappa shape index (κ1) is 18.9. The van der Waals surface area contributed by atoms with E-state index in [4.69, 9.17) is 16.3 Å². The van der Waals surface area contributed by atoms with Gasteiger partial charge < -0.3 is 14.8 Å². The lowest BCUT2D eigenvalue weighted by Crippen LogP contribution is -2.02. The van der Waals surface area contributed by atoms with Gasteiger partial charge in [0, 0.05) is 35.8 Å². The summed E-state index contributed by atoms with van der Waals surface area (Å²) < 4.78 is 31.5. The number of ether oxygens (including phenoxy) is 1. The second-order valence-electron chi connectivity index (χ2n) is 4.45. The fourth-order valence-corrected chi connectivity index (χ4v) is 1.91. The van der Waals surface area contributed by atoms with Crippen molar-refractivity contribution in [1.82, 2.24) is 0 Å². The highest BCUT2D eigenvalue weighted by Crippen LogP contribution is 2.26. The van der Waals surface area contributed by atoms with Crippen molar-refractivity contribution in [2.45, 2.75) is 20.0 Å². The average Bonchev–Trinajstić information content (AvgIpc) is 2.55. The van der Waals surface area contributed by atoms with Crippen molar-refractivity contribution in [3.63, 3.8) is 0 Å². The number of rotatable bonds is 5. The van der Waals surface area contributed by atoms with Crippen LogP contribution in [0.25, 0.3) is 0 Å². The van der Waals surface area contributed by atoms with Crippen molar-refractivity contribution in [3.8, 4) is 5.75 Å². The fourth-order valence-electron chi connectivity index (χ4n) is 1.68. The number of carbonyl (C=O) groups is 1. The quantitative estimate of drug-likeness (QED) is 0.791. The van der Waals surface area contributed by atoms with Crippen molar-refractivity contribution >= 4 is 23.6 Å². The molecule has 23 heavy (non-hydrogen) atoms. The molecule has 0 bridgehead atoms. The van der Waals surface area contributed by atoms with Crippen LogP contribution >= 0.6 is 11.6 Å². The fraction of sp³-hybridized carbons (Fsp3) is 0.235. The SMILES string of the molecule is CCC=O.CNc1cccc(Cl)c1COc1ccc(F)cc1F. The van der Waals surface area contributed by atoms with E-state index in [2.05, 4.69) is 5.32 Å². The van der Waals surface area contributed by atoms with E-state index >= 15 is 0 Å². The summed E-state index contributed by atoms with van der Waals surface area (Å²) in [6.45, 7) is 1.91. The Morgan fingerprint density at radius 3 is 2.52 bits per heavy atom. The van der Waals surface area contributed by atoms with E-state index in [0.717, 1.165) is 29.7 Å². The highest BCUT2D eigenvalue weighted by molar-refractivity contribution is 6.31. The zero-order valence-corrected chi connectivity index (χ0v) is 13.7. The van der Waals surface area contributed by atoms with Crippen LogP contribution in [0.15, 0.2) is 36.4 Å². The van der Waals surface area contributed by atoms with E-state index in [-0.39, 0.29) is 12.4 Å². The summed E-state index contributed by atoms with van der Waals surface area (Å²) >= 11 is 6.07. The van der Waals surface area contributed by atoms with E-state index in [1.807, 2.05) is 13.0 Å². The topological polar surface area (TPSA) is 38.3 Å². The minimum absolute atomic E-state index is 0.0108. The van der Waals surface area contributed by atoms with Crippen molar-refractivity contribution in [3.05, 3.63) is 58.6 Å². The van der Waals surface area contributed by atoms with Gasteiger partial charge in [0.25, 0.3) is 0 Å². The zero-order valence-electron chi connectivity index (χ0n) is 12.9. The van der Waals surface area contributed by atoms with Crippen LogP contribution in [-0.4, -0.2) is 13.3 Å². The van der Waals surface area contributed by atoms with Gasteiger partial charge in [-0.3, -0.25) is 0 Å². The number of benzene rings is 2. The van der Waals surface area contributed by atoms with E-state index in [0.29, 0.717) is 11.4 Å². The number of aldehydes is 1. The number of hydrogen-bond donors (Lipinski definition) is 1. The van der Waals surface area contributed by atoms with E-state index in [1.54, 1.807) is 19.2 Å². The normalized spacial score (nSPS) is 9.61. The molecule has 0 amide bonds. The maximum Gasteiger partial charge on any atom is 0.167 e. The van der Waals surface area contributed by atoms with Crippen LogP contribution in [0.3, 0.4) is 0 Å². The Hall–Kier alpha value is -2.14. The summed E-state index contributed by atoms with van der Waals surface area (Å²) in [5, 5.41) is 3.50. The molecule has 0 saturated carbocycles. The maximum atomic E-state index is 13.4. The van der Waals surface area contributed by atoms with E-state index in [1.165, 1.54) is 6.07 Å². The van der Waals surface area contributed by atoms with Crippen molar-refractivity contribution < 1.29 is 18.3 Å². The second kappa shape index (κ2) is 9.79. The Morgan fingerprint density at radius 2 is 1.96 bits per heavy atom. The summed E-state index contributed by atoms with van der Waals surface area (Å²) in [6, 6.07) is 8.54. The number of halogens is 3. The summed E-state index contributed by atoms with van der Waals surface area (Å²) in [4.78, 5) is 9.17. The molecule has 2 aromatic rings. The number of nitrogens with one attached hydrogen (secondary N) is 1. The molecule has 0 aromatic heterocycles. The number of anilines is 1. The first-order chi connectivity index (χ1) is 11.0. The molecule has 0 heterocycles. The largest absolute Gasteiger partial charge is 0.486 e. The molecule has 3 nitrogen and oxygen atoms in total. The van der Waals surface area contributed by atoms with E-state index in [9.17, 15) is 13.6 Å². The number of carbonyl (C=O) groups excluding carboxylic acids is 1. The molecule has 0 aliphatic rings. The molecule has 2 aromatic carbocycles. The van der Waals surface area contributed by atoms with Crippen LogP contribution in [0.1, 0.15) is 18.9 Å². The highest BCUT2D eigenvalue weighted by Gasteiger charge is 2.09. The monoisotopic (exact) mass is 341 g/mol. The van der Waals surface area contributed by atoms with Gasteiger partial charge in [0.05, 0.1) is 0 Å². The standard InChI is InChI=1S/C14H12ClF2NO.C3H6O/c1-18-13-4-2-3-11(15)10(13)8-19-14-6-5-9(16)7-12(14)17;1-2-3-4/h2-7,18H,8H2,1H3;3H,2H2,1H3. The molecule has 6 heteroatoms. The van der Waals surface area contributed by atoms with Gasteiger partial charge in [-0.05, 0) is 24.3 Å².